The van der Waals surface area contributed by atoms with E-state index in [2.05, 4.69) is 31.2 Å². The normalized spacial score (nSPS) is 20.8. The zero-order valence-corrected chi connectivity index (χ0v) is 10.7. The van der Waals surface area contributed by atoms with Crippen molar-refractivity contribution in [1.82, 2.24) is 10.5 Å². The van der Waals surface area contributed by atoms with Crippen molar-refractivity contribution in [1.29, 1.82) is 0 Å². The van der Waals surface area contributed by atoms with Crippen LogP contribution in [0.1, 0.15) is 45.1 Å². The van der Waals surface area contributed by atoms with E-state index in [9.17, 15) is 4.79 Å². The Balaban J connectivity index is 1.99. The summed E-state index contributed by atoms with van der Waals surface area (Å²) < 4.78 is 5.27. The van der Waals surface area contributed by atoms with Gasteiger partial charge in [0.25, 0.3) is 0 Å². The standard InChI is InChI=1S/C13H20N2O2/c1-13(2,3)12-8-9(15-17-12)7-11(16)10-5-4-6-14-10/h8,10,14H,4-7H2,1-3H3/t10-/m0/s1. The molecular weight excluding hydrogens is 216 g/mol. The van der Waals surface area contributed by atoms with Gasteiger partial charge in [-0.15, -0.1) is 0 Å². The van der Waals surface area contributed by atoms with Gasteiger partial charge in [-0.2, -0.15) is 0 Å². The smallest absolute Gasteiger partial charge is 0.155 e. The van der Waals surface area contributed by atoms with Gasteiger partial charge in [-0.25, -0.2) is 0 Å². The number of ketones is 1. The predicted octanol–water partition coefficient (Wildman–Crippen LogP) is 1.84. The summed E-state index contributed by atoms with van der Waals surface area (Å²) in [5.41, 5.74) is 0.688. The molecule has 0 unspecified atom stereocenters. The molecule has 1 saturated heterocycles. The van der Waals surface area contributed by atoms with Crippen molar-refractivity contribution in [3.63, 3.8) is 0 Å². The molecule has 4 nitrogen and oxygen atoms in total. The molecule has 0 aliphatic carbocycles. The maximum absolute atomic E-state index is 11.9. The van der Waals surface area contributed by atoms with Gasteiger partial charge in [-0.3, -0.25) is 4.79 Å². The van der Waals surface area contributed by atoms with E-state index < -0.39 is 0 Å². The molecule has 2 rings (SSSR count). The third-order valence-corrected chi connectivity index (χ3v) is 3.10. The molecule has 2 heterocycles. The van der Waals surface area contributed by atoms with Crippen LogP contribution in [0.3, 0.4) is 0 Å². The predicted molar refractivity (Wildman–Crippen MR) is 64.9 cm³/mol. The third-order valence-electron chi connectivity index (χ3n) is 3.10. The highest BCUT2D eigenvalue weighted by Crippen LogP contribution is 2.23. The molecular formula is C13H20N2O2. The highest BCUT2D eigenvalue weighted by atomic mass is 16.5. The summed E-state index contributed by atoms with van der Waals surface area (Å²) in [5.74, 6) is 1.05. The van der Waals surface area contributed by atoms with Crippen molar-refractivity contribution in [2.45, 2.75) is 51.5 Å². The lowest BCUT2D eigenvalue weighted by atomic mass is 9.93. The van der Waals surface area contributed by atoms with Gasteiger partial charge in [0.2, 0.25) is 0 Å². The van der Waals surface area contributed by atoms with Crippen molar-refractivity contribution in [3.05, 3.63) is 17.5 Å². The molecule has 1 aromatic rings. The minimum Gasteiger partial charge on any atom is -0.361 e. The second-order valence-electron chi connectivity index (χ2n) is 5.72. The molecule has 0 saturated carbocycles. The number of carbonyl (C=O) groups excluding carboxylic acids is 1. The Bertz CT molecular complexity index is 398. The number of nitrogens with zero attached hydrogens (tertiary/aromatic N) is 1. The Morgan fingerprint density at radius 2 is 2.35 bits per heavy atom. The molecule has 0 aromatic carbocycles. The number of hydrogen-bond acceptors (Lipinski definition) is 4. The minimum atomic E-state index is -0.0556. The van der Waals surface area contributed by atoms with Crippen LogP contribution in [-0.2, 0) is 16.6 Å². The molecule has 1 fully saturated rings. The summed E-state index contributed by atoms with van der Waals surface area (Å²) in [6.07, 6.45) is 2.41. The Morgan fingerprint density at radius 3 is 2.88 bits per heavy atom. The van der Waals surface area contributed by atoms with Crippen LogP contribution in [0, 0.1) is 0 Å². The van der Waals surface area contributed by atoms with Gasteiger partial charge in [0.05, 0.1) is 18.2 Å². The van der Waals surface area contributed by atoms with Crippen LogP contribution in [-0.4, -0.2) is 23.5 Å². The molecule has 0 bridgehead atoms. The van der Waals surface area contributed by atoms with Gasteiger partial charge in [0, 0.05) is 11.5 Å². The van der Waals surface area contributed by atoms with E-state index in [1.54, 1.807) is 0 Å². The average Bonchev–Trinajstić information content (AvgIpc) is 2.85. The second kappa shape index (κ2) is 4.61. The maximum Gasteiger partial charge on any atom is 0.155 e. The van der Waals surface area contributed by atoms with Crippen LogP contribution in [0.5, 0.6) is 0 Å². The fraction of sp³-hybridized carbons (Fsp3) is 0.692. The second-order valence-corrected chi connectivity index (χ2v) is 5.72. The van der Waals surface area contributed by atoms with E-state index in [-0.39, 0.29) is 17.2 Å². The number of carbonyl (C=O) groups is 1. The van der Waals surface area contributed by atoms with E-state index in [0.717, 1.165) is 30.8 Å². The SMILES string of the molecule is CC(C)(C)c1cc(CC(=O)[C@@H]2CCCN2)no1. The number of hydrogen-bond donors (Lipinski definition) is 1. The molecule has 1 atom stereocenters. The number of Topliss-reactive ketones (excluding diaryl/α,β-unsaturated/α-hetero) is 1. The molecule has 1 aliphatic rings. The van der Waals surface area contributed by atoms with E-state index in [1.165, 1.54) is 0 Å². The van der Waals surface area contributed by atoms with Crippen LogP contribution >= 0.6 is 0 Å². The van der Waals surface area contributed by atoms with Crippen LogP contribution in [0.2, 0.25) is 0 Å². The molecule has 1 aliphatic heterocycles. The van der Waals surface area contributed by atoms with Crippen molar-refractivity contribution >= 4 is 5.78 Å². The van der Waals surface area contributed by atoms with E-state index in [0.29, 0.717) is 6.42 Å². The zero-order chi connectivity index (χ0) is 12.5. The molecule has 1 N–H and O–H groups in total. The molecule has 94 valence electrons. The van der Waals surface area contributed by atoms with Crippen molar-refractivity contribution in [3.8, 4) is 0 Å². The first-order valence-electron chi connectivity index (χ1n) is 6.19. The monoisotopic (exact) mass is 236 g/mol. The fourth-order valence-electron chi connectivity index (χ4n) is 2.01. The highest BCUT2D eigenvalue weighted by Gasteiger charge is 2.24. The summed E-state index contributed by atoms with van der Waals surface area (Å²) in [4.78, 5) is 11.9. The lowest BCUT2D eigenvalue weighted by Crippen LogP contribution is -2.31. The maximum atomic E-state index is 11.9. The van der Waals surface area contributed by atoms with E-state index in [4.69, 9.17) is 4.52 Å². The molecule has 17 heavy (non-hydrogen) atoms. The quantitative estimate of drug-likeness (QED) is 0.870. The van der Waals surface area contributed by atoms with Gasteiger partial charge in [0.1, 0.15) is 5.76 Å². The van der Waals surface area contributed by atoms with Gasteiger partial charge >= 0.3 is 0 Å². The Hall–Kier alpha value is -1.16. The Labute approximate surface area is 102 Å². The molecule has 1 aromatic heterocycles. The summed E-state index contributed by atoms with van der Waals surface area (Å²) in [5, 5.41) is 7.18. The first kappa shape index (κ1) is 12.3. The van der Waals surface area contributed by atoms with Crippen molar-refractivity contribution in [2.75, 3.05) is 6.54 Å². The first-order valence-corrected chi connectivity index (χ1v) is 6.19. The highest BCUT2D eigenvalue weighted by molar-refractivity contribution is 5.86. The number of aromatic nitrogens is 1. The number of rotatable bonds is 3. The summed E-state index contributed by atoms with van der Waals surface area (Å²) in [6.45, 7) is 7.15. The fourth-order valence-corrected chi connectivity index (χ4v) is 2.01. The topological polar surface area (TPSA) is 55.1 Å². The molecule has 0 radical (unpaired) electrons. The molecule has 0 amide bonds. The van der Waals surface area contributed by atoms with Crippen molar-refractivity contribution in [2.24, 2.45) is 0 Å². The Morgan fingerprint density at radius 1 is 1.59 bits per heavy atom. The van der Waals surface area contributed by atoms with Gasteiger partial charge in [-0.1, -0.05) is 25.9 Å². The van der Waals surface area contributed by atoms with Gasteiger partial charge < -0.3 is 9.84 Å². The van der Waals surface area contributed by atoms with Crippen LogP contribution < -0.4 is 5.32 Å². The first-order chi connectivity index (χ1) is 7.97. The van der Waals surface area contributed by atoms with Gasteiger partial charge in [-0.05, 0) is 19.4 Å². The van der Waals surface area contributed by atoms with Crippen molar-refractivity contribution < 1.29 is 9.32 Å². The van der Waals surface area contributed by atoms with E-state index >= 15 is 0 Å². The summed E-state index contributed by atoms with van der Waals surface area (Å²) in [7, 11) is 0. The van der Waals surface area contributed by atoms with Crippen LogP contribution in [0.15, 0.2) is 10.6 Å². The van der Waals surface area contributed by atoms with Gasteiger partial charge in [0.15, 0.2) is 5.78 Å². The lowest BCUT2D eigenvalue weighted by Gasteiger charge is -2.12. The Kier molecular flexibility index (Phi) is 3.33. The third kappa shape index (κ3) is 2.94. The zero-order valence-electron chi connectivity index (χ0n) is 10.7. The van der Waals surface area contributed by atoms with E-state index in [1.807, 2.05) is 6.07 Å². The van der Waals surface area contributed by atoms with Crippen LogP contribution in [0.4, 0.5) is 0 Å². The summed E-state index contributed by atoms with van der Waals surface area (Å²) in [6, 6.07) is 1.91. The average molecular weight is 236 g/mol. The largest absolute Gasteiger partial charge is 0.361 e. The number of nitrogens with one attached hydrogen (secondary N) is 1. The minimum absolute atomic E-state index is 0.0183. The summed E-state index contributed by atoms with van der Waals surface area (Å²) >= 11 is 0. The lowest BCUT2D eigenvalue weighted by molar-refractivity contribution is -0.120. The molecule has 4 heteroatoms. The molecule has 0 spiro atoms. The van der Waals surface area contributed by atoms with Crippen LogP contribution in [0.25, 0.3) is 0 Å².